The third-order valence-corrected chi connectivity index (χ3v) is 4.74. The van der Waals surface area contributed by atoms with Crippen molar-refractivity contribution in [3.05, 3.63) is 12.7 Å². The van der Waals surface area contributed by atoms with E-state index in [1.807, 2.05) is 6.92 Å². The van der Waals surface area contributed by atoms with Crippen LogP contribution in [-0.2, 0) is 23.9 Å². The van der Waals surface area contributed by atoms with E-state index in [-0.39, 0.29) is 37.2 Å². The fraction of sp³-hybridized carbons (Fsp3) is 0.714. The van der Waals surface area contributed by atoms with E-state index in [1.165, 1.54) is 4.90 Å². The van der Waals surface area contributed by atoms with E-state index in [0.29, 0.717) is 19.4 Å². The van der Waals surface area contributed by atoms with Crippen molar-refractivity contribution >= 4 is 23.8 Å². The fourth-order valence-corrected chi connectivity index (χ4v) is 3.21. The first kappa shape index (κ1) is 24.7. The van der Waals surface area contributed by atoms with Gasteiger partial charge in [-0.2, -0.15) is 0 Å². The number of esters is 1. The van der Waals surface area contributed by atoms with Crippen LogP contribution >= 0.6 is 0 Å². The van der Waals surface area contributed by atoms with Gasteiger partial charge >= 0.3 is 12.1 Å². The van der Waals surface area contributed by atoms with E-state index >= 15 is 0 Å². The minimum Gasteiger partial charge on any atom is -0.466 e. The van der Waals surface area contributed by atoms with E-state index < -0.39 is 29.6 Å². The number of rotatable bonds is 9. The fourth-order valence-electron chi connectivity index (χ4n) is 3.21. The topological polar surface area (TPSA) is 102 Å². The summed E-state index contributed by atoms with van der Waals surface area (Å²) in [6.45, 7) is 12.8. The van der Waals surface area contributed by atoms with Crippen molar-refractivity contribution in [2.45, 2.75) is 65.5 Å². The predicted octanol–water partition coefficient (Wildman–Crippen LogP) is 2.46. The number of allylic oxidation sites excluding steroid dienone is 1. The van der Waals surface area contributed by atoms with Crippen molar-refractivity contribution < 1.29 is 28.7 Å². The molecule has 29 heavy (non-hydrogen) atoms. The lowest BCUT2D eigenvalue weighted by Crippen LogP contribution is -2.47. The molecule has 8 heteroatoms. The summed E-state index contributed by atoms with van der Waals surface area (Å²) < 4.78 is 10.2. The summed E-state index contributed by atoms with van der Waals surface area (Å²) in [5.74, 6) is -1.82. The van der Waals surface area contributed by atoms with Gasteiger partial charge in [0.15, 0.2) is 5.78 Å². The van der Waals surface area contributed by atoms with Gasteiger partial charge < -0.3 is 19.7 Å². The smallest absolute Gasteiger partial charge is 0.408 e. The van der Waals surface area contributed by atoms with Crippen molar-refractivity contribution in [2.75, 3.05) is 19.7 Å². The molecule has 8 nitrogen and oxygen atoms in total. The summed E-state index contributed by atoms with van der Waals surface area (Å²) in [7, 11) is 0. The molecule has 1 fully saturated rings. The SMILES string of the molecule is C=CC(C)C(CC(=O)C1CCCN1C(=O)CNC(=O)OC(C)(C)C)C(=O)OCC. The molecule has 0 aliphatic carbocycles. The molecule has 0 saturated carbocycles. The average molecular weight is 411 g/mol. The molecule has 1 saturated heterocycles. The minimum absolute atomic E-state index is 0.0139. The van der Waals surface area contributed by atoms with Gasteiger partial charge in [0.2, 0.25) is 5.91 Å². The number of ether oxygens (including phenoxy) is 2. The van der Waals surface area contributed by atoms with Gasteiger partial charge in [-0.05, 0) is 46.5 Å². The second kappa shape index (κ2) is 11.0. The molecule has 164 valence electrons. The van der Waals surface area contributed by atoms with E-state index in [9.17, 15) is 19.2 Å². The number of alkyl carbamates (subject to hydrolysis) is 1. The van der Waals surface area contributed by atoms with E-state index in [4.69, 9.17) is 9.47 Å². The van der Waals surface area contributed by atoms with Crippen molar-refractivity contribution in [3.63, 3.8) is 0 Å². The number of hydrogen-bond acceptors (Lipinski definition) is 6. The van der Waals surface area contributed by atoms with Crippen LogP contribution in [-0.4, -0.2) is 60.0 Å². The molecule has 0 spiro atoms. The summed E-state index contributed by atoms with van der Waals surface area (Å²) in [5.41, 5.74) is -0.663. The first-order chi connectivity index (χ1) is 13.5. The Morgan fingerprint density at radius 3 is 2.48 bits per heavy atom. The number of likely N-dealkylation sites (tertiary alicyclic amines) is 1. The molecule has 1 rings (SSSR count). The molecule has 1 aliphatic rings. The maximum atomic E-state index is 12.9. The molecule has 0 bridgehead atoms. The molecule has 1 N–H and O–H groups in total. The van der Waals surface area contributed by atoms with Gasteiger partial charge in [0.25, 0.3) is 0 Å². The third-order valence-electron chi connectivity index (χ3n) is 4.74. The average Bonchev–Trinajstić information content (AvgIpc) is 3.12. The zero-order chi connectivity index (χ0) is 22.2. The van der Waals surface area contributed by atoms with Crippen LogP contribution in [0.4, 0.5) is 4.79 Å². The number of carbonyl (C=O) groups excluding carboxylic acids is 4. The van der Waals surface area contributed by atoms with Crippen molar-refractivity contribution in [3.8, 4) is 0 Å². The lowest BCUT2D eigenvalue weighted by Gasteiger charge is -2.26. The van der Waals surface area contributed by atoms with Crippen LogP contribution < -0.4 is 5.32 Å². The Balaban J connectivity index is 2.72. The first-order valence-electron chi connectivity index (χ1n) is 10.1. The molecule has 0 aromatic heterocycles. The number of hydrogen-bond donors (Lipinski definition) is 1. The van der Waals surface area contributed by atoms with Gasteiger partial charge in [-0.25, -0.2) is 4.79 Å². The lowest BCUT2D eigenvalue weighted by molar-refractivity contribution is -0.151. The normalized spacial score (nSPS) is 18.5. The zero-order valence-corrected chi connectivity index (χ0v) is 18.2. The molecule has 3 atom stereocenters. The summed E-state index contributed by atoms with van der Waals surface area (Å²) >= 11 is 0. The maximum absolute atomic E-state index is 12.9. The van der Waals surface area contributed by atoms with Crippen LogP contribution in [0.3, 0.4) is 0 Å². The Kier molecular flexibility index (Phi) is 9.33. The number of nitrogens with zero attached hydrogens (tertiary/aromatic N) is 1. The van der Waals surface area contributed by atoms with E-state index in [2.05, 4.69) is 11.9 Å². The molecular weight excluding hydrogens is 376 g/mol. The maximum Gasteiger partial charge on any atom is 0.408 e. The largest absolute Gasteiger partial charge is 0.466 e. The Bertz CT molecular complexity index is 625. The van der Waals surface area contributed by atoms with Crippen molar-refractivity contribution in [1.29, 1.82) is 0 Å². The molecule has 3 unspecified atom stereocenters. The molecule has 2 amide bonds. The second-order valence-electron chi connectivity index (χ2n) is 8.22. The minimum atomic E-state index is -0.685. The number of nitrogens with one attached hydrogen (secondary N) is 1. The summed E-state index contributed by atoms with van der Waals surface area (Å²) in [6.07, 6.45) is 2.15. The van der Waals surface area contributed by atoms with Gasteiger partial charge in [-0.1, -0.05) is 13.0 Å². The highest BCUT2D eigenvalue weighted by Gasteiger charge is 2.37. The van der Waals surface area contributed by atoms with Crippen LogP contribution in [0.2, 0.25) is 0 Å². The molecule has 0 aromatic rings. The molecule has 0 radical (unpaired) electrons. The Hall–Kier alpha value is -2.38. The molecule has 0 aromatic carbocycles. The highest BCUT2D eigenvalue weighted by molar-refractivity contribution is 5.93. The van der Waals surface area contributed by atoms with Gasteiger partial charge in [-0.15, -0.1) is 6.58 Å². The number of amides is 2. The van der Waals surface area contributed by atoms with E-state index in [0.717, 1.165) is 0 Å². The first-order valence-corrected chi connectivity index (χ1v) is 10.1. The van der Waals surface area contributed by atoms with E-state index in [1.54, 1.807) is 33.8 Å². The third kappa shape index (κ3) is 7.87. The second-order valence-corrected chi connectivity index (χ2v) is 8.22. The quantitative estimate of drug-likeness (QED) is 0.463. The molecule has 1 heterocycles. The van der Waals surface area contributed by atoms with Crippen molar-refractivity contribution in [1.82, 2.24) is 10.2 Å². The van der Waals surface area contributed by atoms with Gasteiger partial charge in [-0.3, -0.25) is 14.4 Å². The standard InChI is InChI=1S/C21H34N2O6/c1-7-14(3)15(19(26)28-8-2)12-17(24)16-10-9-11-23(16)18(25)13-22-20(27)29-21(4,5)6/h7,14-16H,1,8-13H2,2-6H3,(H,22,27). The van der Waals surface area contributed by atoms with Crippen molar-refractivity contribution in [2.24, 2.45) is 11.8 Å². The number of carbonyl (C=O) groups is 4. The lowest BCUT2D eigenvalue weighted by atomic mass is 9.87. The van der Waals surface area contributed by atoms with Gasteiger partial charge in [0, 0.05) is 13.0 Å². The summed E-state index contributed by atoms with van der Waals surface area (Å²) in [6, 6.07) is -0.600. The van der Waals surface area contributed by atoms with Crippen LogP contribution in [0.5, 0.6) is 0 Å². The highest BCUT2D eigenvalue weighted by Crippen LogP contribution is 2.25. The highest BCUT2D eigenvalue weighted by atomic mass is 16.6. The van der Waals surface area contributed by atoms with Gasteiger partial charge in [0.1, 0.15) is 12.1 Å². The van der Waals surface area contributed by atoms with Crippen LogP contribution in [0, 0.1) is 11.8 Å². The van der Waals surface area contributed by atoms with Crippen LogP contribution in [0.15, 0.2) is 12.7 Å². The Morgan fingerprint density at radius 1 is 1.28 bits per heavy atom. The van der Waals surface area contributed by atoms with Crippen LogP contribution in [0.1, 0.15) is 53.9 Å². The monoisotopic (exact) mass is 410 g/mol. The Morgan fingerprint density at radius 2 is 1.93 bits per heavy atom. The summed E-state index contributed by atoms with van der Waals surface area (Å²) in [5, 5.41) is 2.43. The van der Waals surface area contributed by atoms with Gasteiger partial charge in [0.05, 0.1) is 18.6 Å². The summed E-state index contributed by atoms with van der Waals surface area (Å²) in [4.78, 5) is 50.9. The van der Waals surface area contributed by atoms with Crippen LogP contribution in [0.25, 0.3) is 0 Å². The number of ketones is 1. The molecular formula is C21H34N2O6. The predicted molar refractivity (Wildman–Crippen MR) is 108 cm³/mol. The molecule has 1 aliphatic heterocycles. The number of Topliss-reactive ketones (excluding diaryl/α,β-unsaturated/α-hetero) is 1. The zero-order valence-electron chi connectivity index (χ0n) is 18.2. The Labute approximate surface area is 173 Å².